The van der Waals surface area contributed by atoms with Crippen LogP contribution in [0.3, 0.4) is 0 Å². The van der Waals surface area contributed by atoms with Gasteiger partial charge in [0, 0.05) is 24.8 Å². The van der Waals surface area contributed by atoms with Crippen molar-refractivity contribution in [3.05, 3.63) is 23.8 Å². The van der Waals surface area contributed by atoms with Gasteiger partial charge in [0.15, 0.2) is 0 Å². The van der Waals surface area contributed by atoms with Gasteiger partial charge in [0.2, 0.25) is 0 Å². The Morgan fingerprint density at radius 3 is 3.00 bits per heavy atom. The average Bonchev–Trinajstić information content (AvgIpc) is 2.29. The number of fused-ring (bicyclic) bond motifs is 1. The summed E-state index contributed by atoms with van der Waals surface area (Å²) in [4.78, 5) is 2.47. The van der Waals surface area contributed by atoms with E-state index in [-0.39, 0.29) is 0 Å². The van der Waals surface area contributed by atoms with Crippen LogP contribution in [-0.4, -0.2) is 20.2 Å². The van der Waals surface area contributed by atoms with Gasteiger partial charge in [-0.25, -0.2) is 0 Å². The zero-order chi connectivity index (χ0) is 10.7. The second-order valence-electron chi connectivity index (χ2n) is 4.09. The molecular formula is C13H19NO. The summed E-state index contributed by atoms with van der Waals surface area (Å²) in [6.07, 6.45) is 3.69. The molecule has 0 saturated carbocycles. The number of aryl methyl sites for hydroxylation is 1. The summed E-state index contributed by atoms with van der Waals surface area (Å²) in [7, 11) is 1.73. The van der Waals surface area contributed by atoms with Gasteiger partial charge in [-0.15, -0.1) is 0 Å². The highest BCUT2D eigenvalue weighted by atomic mass is 16.5. The molecule has 0 saturated heterocycles. The molecule has 0 N–H and O–H groups in total. The number of nitrogens with zero attached hydrogens (tertiary/aromatic N) is 1. The molecule has 2 rings (SSSR count). The molecule has 1 aromatic rings. The van der Waals surface area contributed by atoms with Gasteiger partial charge in [0.1, 0.15) is 5.75 Å². The molecule has 0 atom stereocenters. The molecule has 0 amide bonds. The van der Waals surface area contributed by atoms with Crippen LogP contribution in [0.4, 0.5) is 5.69 Å². The molecule has 2 heteroatoms. The summed E-state index contributed by atoms with van der Waals surface area (Å²) < 4.78 is 5.28. The predicted octanol–water partition coefficient (Wildman–Crippen LogP) is 2.86. The first-order chi connectivity index (χ1) is 7.35. The Hall–Kier alpha value is -1.18. The lowest BCUT2D eigenvalue weighted by Gasteiger charge is -2.31. The molecule has 0 radical (unpaired) electrons. The molecule has 82 valence electrons. The van der Waals surface area contributed by atoms with E-state index in [0.717, 1.165) is 12.3 Å². The van der Waals surface area contributed by atoms with Crippen LogP contribution in [0, 0.1) is 0 Å². The van der Waals surface area contributed by atoms with Crippen LogP contribution in [0.15, 0.2) is 18.2 Å². The maximum Gasteiger partial charge on any atom is 0.120 e. The van der Waals surface area contributed by atoms with Crippen molar-refractivity contribution in [2.75, 3.05) is 25.1 Å². The van der Waals surface area contributed by atoms with Crippen molar-refractivity contribution in [3.8, 4) is 5.75 Å². The molecule has 0 spiro atoms. The third kappa shape index (κ3) is 2.09. The number of anilines is 1. The first-order valence-corrected chi connectivity index (χ1v) is 5.77. The summed E-state index contributed by atoms with van der Waals surface area (Å²) in [5, 5.41) is 0. The van der Waals surface area contributed by atoms with Crippen LogP contribution in [0.1, 0.15) is 25.3 Å². The van der Waals surface area contributed by atoms with Gasteiger partial charge in [-0.05, 0) is 30.9 Å². The van der Waals surface area contributed by atoms with E-state index in [2.05, 4.69) is 30.0 Å². The number of rotatable bonds is 3. The van der Waals surface area contributed by atoms with Crippen LogP contribution in [-0.2, 0) is 6.42 Å². The van der Waals surface area contributed by atoms with Gasteiger partial charge < -0.3 is 9.64 Å². The Bertz CT molecular complexity index is 335. The Balaban J connectivity index is 2.30. The molecule has 15 heavy (non-hydrogen) atoms. The first-order valence-electron chi connectivity index (χ1n) is 5.77. The second-order valence-corrected chi connectivity index (χ2v) is 4.09. The lowest BCUT2D eigenvalue weighted by molar-refractivity contribution is 0.414. The van der Waals surface area contributed by atoms with Gasteiger partial charge >= 0.3 is 0 Å². The SMILES string of the molecule is CCCN1CCCc2ccc(OC)cc21. The Kier molecular flexibility index (Phi) is 3.14. The first kappa shape index (κ1) is 10.3. The fourth-order valence-electron chi connectivity index (χ4n) is 2.26. The number of ether oxygens (including phenoxy) is 1. The molecular weight excluding hydrogens is 186 g/mol. The van der Waals surface area contributed by atoms with Gasteiger partial charge in [-0.3, -0.25) is 0 Å². The van der Waals surface area contributed by atoms with Crippen molar-refractivity contribution in [1.82, 2.24) is 0 Å². The van der Waals surface area contributed by atoms with Gasteiger partial charge in [0.05, 0.1) is 7.11 Å². The van der Waals surface area contributed by atoms with E-state index in [0.29, 0.717) is 0 Å². The van der Waals surface area contributed by atoms with Crippen LogP contribution in [0.2, 0.25) is 0 Å². The topological polar surface area (TPSA) is 12.5 Å². The van der Waals surface area contributed by atoms with Crippen molar-refractivity contribution < 1.29 is 4.74 Å². The normalized spacial score (nSPS) is 14.9. The second kappa shape index (κ2) is 4.56. The van der Waals surface area contributed by atoms with Crippen LogP contribution < -0.4 is 9.64 Å². The van der Waals surface area contributed by atoms with E-state index in [1.54, 1.807) is 7.11 Å². The van der Waals surface area contributed by atoms with E-state index in [4.69, 9.17) is 4.74 Å². The monoisotopic (exact) mass is 205 g/mol. The van der Waals surface area contributed by atoms with Crippen molar-refractivity contribution >= 4 is 5.69 Å². The van der Waals surface area contributed by atoms with E-state index in [1.165, 1.54) is 37.1 Å². The summed E-state index contributed by atoms with van der Waals surface area (Å²) in [6.45, 7) is 4.57. The molecule has 1 aromatic carbocycles. The Morgan fingerprint density at radius 1 is 1.40 bits per heavy atom. The third-order valence-corrected chi connectivity index (χ3v) is 3.00. The zero-order valence-electron chi connectivity index (χ0n) is 9.62. The van der Waals surface area contributed by atoms with E-state index >= 15 is 0 Å². The summed E-state index contributed by atoms with van der Waals surface area (Å²) in [6, 6.07) is 6.44. The van der Waals surface area contributed by atoms with Crippen LogP contribution >= 0.6 is 0 Å². The van der Waals surface area contributed by atoms with Gasteiger partial charge in [-0.2, -0.15) is 0 Å². The fourth-order valence-corrected chi connectivity index (χ4v) is 2.26. The highest BCUT2D eigenvalue weighted by Gasteiger charge is 2.16. The fraction of sp³-hybridized carbons (Fsp3) is 0.538. The molecule has 2 nitrogen and oxygen atoms in total. The molecule has 0 unspecified atom stereocenters. The van der Waals surface area contributed by atoms with E-state index < -0.39 is 0 Å². The minimum Gasteiger partial charge on any atom is -0.497 e. The third-order valence-electron chi connectivity index (χ3n) is 3.00. The molecule has 0 fully saturated rings. The number of benzene rings is 1. The summed E-state index contributed by atoms with van der Waals surface area (Å²) in [5.74, 6) is 0.969. The molecule has 1 aliphatic rings. The number of methoxy groups -OCH3 is 1. The molecule has 0 aliphatic carbocycles. The highest BCUT2D eigenvalue weighted by Crippen LogP contribution is 2.30. The van der Waals surface area contributed by atoms with Crippen LogP contribution in [0.5, 0.6) is 5.75 Å². The maximum atomic E-state index is 5.28. The van der Waals surface area contributed by atoms with Gasteiger partial charge in [-0.1, -0.05) is 13.0 Å². The van der Waals surface area contributed by atoms with Crippen LogP contribution in [0.25, 0.3) is 0 Å². The Morgan fingerprint density at radius 2 is 2.27 bits per heavy atom. The molecule has 1 heterocycles. The van der Waals surface area contributed by atoms with E-state index in [9.17, 15) is 0 Å². The minimum atomic E-state index is 0.969. The van der Waals surface area contributed by atoms with Gasteiger partial charge in [0.25, 0.3) is 0 Å². The van der Waals surface area contributed by atoms with E-state index in [1.807, 2.05) is 0 Å². The maximum absolute atomic E-state index is 5.28. The average molecular weight is 205 g/mol. The number of hydrogen-bond acceptors (Lipinski definition) is 2. The van der Waals surface area contributed by atoms with Crippen molar-refractivity contribution in [3.63, 3.8) is 0 Å². The Labute approximate surface area is 91.9 Å². The lowest BCUT2D eigenvalue weighted by Crippen LogP contribution is -2.29. The highest BCUT2D eigenvalue weighted by molar-refractivity contribution is 5.58. The zero-order valence-corrected chi connectivity index (χ0v) is 9.62. The minimum absolute atomic E-state index is 0.969. The summed E-state index contributed by atoms with van der Waals surface area (Å²) >= 11 is 0. The molecule has 1 aliphatic heterocycles. The number of hydrogen-bond donors (Lipinski definition) is 0. The van der Waals surface area contributed by atoms with Crippen molar-refractivity contribution in [2.24, 2.45) is 0 Å². The quantitative estimate of drug-likeness (QED) is 0.752. The standard InChI is InChI=1S/C13H19NO/c1-3-8-14-9-4-5-11-6-7-12(15-2)10-13(11)14/h6-7,10H,3-5,8-9H2,1-2H3. The largest absolute Gasteiger partial charge is 0.497 e. The molecule has 0 bridgehead atoms. The molecule has 0 aromatic heterocycles. The lowest BCUT2D eigenvalue weighted by atomic mass is 10.0. The smallest absolute Gasteiger partial charge is 0.120 e. The van der Waals surface area contributed by atoms with Crippen molar-refractivity contribution in [1.29, 1.82) is 0 Å². The van der Waals surface area contributed by atoms with Crippen molar-refractivity contribution in [2.45, 2.75) is 26.2 Å². The predicted molar refractivity (Wildman–Crippen MR) is 63.8 cm³/mol. The summed E-state index contributed by atoms with van der Waals surface area (Å²) in [5.41, 5.74) is 2.85.